The third-order valence-corrected chi connectivity index (χ3v) is 7.70. The zero-order valence-electron chi connectivity index (χ0n) is 15.1. The van der Waals surface area contributed by atoms with Crippen molar-refractivity contribution < 1.29 is 13.2 Å². The van der Waals surface area contributed by atoms with Gasteiger partial charge in [0.2, 0.25) is 10.0 Å². The van der Waals surface area contributed by atoms with Crippen LogP contribution in [-0.2, 0) is 23.0 Å². The van der Waals surface area contributed by atoms with Gasteiger partial charge in [0.05, 0.1) is 9.77 Å². The predicted molar refractivity (Wildman–Crippen MR) is 103 cm³/mol. The first-order valence-electron chi connectivity index (χ1n) is 8.37. The van der Waals surface area contributed by atoms with E-state index >= 15 is 0 Å². The Kier molecular flexibility index (Phi) is 5.47. The van der Waals surface area contributed by atoms with Gasteiger partial charge in [-0.2, -0.15) is 4.31 Å². The van der Waals surface area contributed by atoms with Crippen molar-refractivity contribution in [2.75, 3.05) is 27.7 Å². The molecule has 140 valence electrons. The number of likely N-dealkylation sites (N-methyl/N-ethyl adjacent to an activating group) is 2. The van der Waals surface area contributed by atoms with Gasteiger partial charge in [0, 0.05) is 38.6 Å². The Balaban J connectivity index is 1.75. The summed E-state index contributed by atoms with van der Waals surface area (Å²) in [6.07, 6.45) is 0.819. The third-order valence-electron chi connectivity index (χ3n) is 4.82. The summed E-state index contributed by atoms with van der Waals surface area (Å²) in [7, 11) is 1.53. The van der Waals surface area contributed by atoms with Gasteiger partial charge in [0.25, 0.3) is 5.91 Å². The monoisotopic (exact) mass is 393 g/mol. The second-order valence-corrected chi connectivity index (χ2v) is 9.51. The fraction of sp³-hybridized carbons (Fsp3) is 0.389. The van der Waals surface area contributed by atoms with Crippen molar-refractivity contribution in [1.82, 2.24) is 14.5 Å². The van der Waals surface area contributed by atoms with Gasteiger partial charge in [-0.05, 0) is 30.7 Å². The van der Waals surface area contributed by atoms with Crippen molar-refractivity contribution >= 4 is 27.3 Å². The molecule has 0 radical (unpaired) electrons. The normalized spacial score (nSPS) is 17.9. The first-order valence-corrected chi connectivity index (χ1v) is 10.7. The number of sulfonamides is 1. The highest BCUT2D eigenvalue weighted by molar-refractivity contribution is 7.89. The number of carbonyl (C=O) groups is 1. The summed E-state index contributed by atoms with van der Waals surface area (Å²) in [5.74, 6) is -0.275. The van der Waals surface area contributed by atoms with E-state index in [1.165, 1.54) is 33.9 Å². The Morgan fingerprint density at radius 2 is 2.04 bits per heavy atom. The minimum atomic E-state index is -3.62. The van der Waals surface area contributed by atoms with E-state index in [2.05, 4.69) is 22.3 Å². The highest BCUT2D eigenvalue weighted by Gasteiger charge is 2.29. The second kappa shape index (κ2) is 7.48. The van der Waals surface area contributed by atoms with E-state index in [1.54, 1.807) is 7.05 Å². The van der Waals surface area contributed by atoms with Gasteiger partial charge in [0.15, 0.2) is 0 Å². The van der Waals surface area contributed by atoms with Crippen LogP contribution in [0.5, 0.6) is 0 Å². The molecule has 0 saturated heterocycles. The highest BCUT2D eigenvalue weighted by atomic mass is 32.2. The van der Waals surface area contributed by atoms with Crippen LogP contribution in [0.1, 0.15) is 20.8 Å². The molecule has 1 aliphatic rings. The number of thiophene rings is 1. The van der Waals surface area contributed by atoms with Crippen LogP contribution in [0.4, 0.5) is 0 Å². The number of nitrogens with zero attached hydrogens (tertiary/aromatic N) is 2. The van der Waals surface area contributed by atoms with E-state index in [9.17, 15) is 13.2 Å². The molecule has 0 spiro atoms. The fourth-order valence-corrected chi connectivity index (χ4v) is 5.61. The van der Waals surface area contributed by atoms with Crippen molar-refractivity contribution in [3.05, 3.63) is 51.7 Å². The van der Waals surface area contributed by atoms with Crippen molar-refractivity contribution in [2.24, 2.45) is 0 Å². The molecule has 1 N–H and O–H groups in total. The van der Waals surface area contributed by atoms with Gasteiger partial charge in [-0.15, -0.1) is 11.3 Å². The average Bonchev–Trinajstić information content (AvgIpc) is 3.12. The molecule has 0 aliphatic carbocycles. The van der Waals surface area contributed by atoms with Crippen LogP contribution >= 0.6 is 11.3 Å². The summed E-state index contributed by atoms with van der Waals surface area (Å²) in [6, 6.07) is 9.83. The van der Waals surface area contributed by atoms with Crippen LogP contribution in [0, 0.1) is 0 Å². The number of rotatable bonds is 5. The maximum absolute atomic E-state index is 12.9. The zero-order valence-corrected chi connectivity index (χ0v) is 16.7. The van der Waals surface area contributed by atoms with Crippen molar-refractivity contribution in [3.8, 4) is 0 Å². The van der Waals surface area contributed by atoms with Crippen LogP contribution in [0.15, 0.2) is 40.6 Å². The molecule has 3 rings (SSSR count). The van der Waals surface area contributed by atoms with Crippen molar-refractivity contribution in [3.63, 3.8) is 0 Å². The van der Waals surface area contributed by atoms with E-state index in [0.29, 0.717) is 11.4 Å². The van der Waals surface area contributed by atoms with Gasteiger partial charge < -0.3 is 5.32 Å². The maximum atomic E-state index is 12.9. The predicted octanol–water partition coefficient (Wildman–Crippen LogP) is 1.78. The van der Waals surface area contributed by atoms with E-state index in [0.717, 1.165) is 24.3 Å². The minimum Gasteiger partial charge on any atom is -0.354 e. The second-order valence-electron chi connectivity index (χ2n) is 6.55. The fourth-order valence-electron chi connectivity index (χ4n) is 3.19. The minimum absolute atomic E-state index is 0.113. The van der Waals surface area contributed by atoms with Gasteiger partial charge in [0.1, 0.15) is 0 Å². The molecule has 0 bridgehead atoms. The lowest BCUT2D eigenvalue weighted by Crippen LogP contribution is -2.46. The molecule has 1 amide bonds. The van der Waals surface area contributed by atoms with Crippen LogP contribution in [-0.4, -0.2) is 57.3 Å². The first kappa shape index (κ1) is 19.0. The highest BCUT2D eigenvalue weighted by Crippen LogP contribution is 2.25. The lowest BCUT2D eigenvalue weighted by atomic mass is 9.94. The van der Waals surface area contributed by atoms with Gasteiger partial charge in [-0.3, -0.25) is 9.69 Å². The lowest BCUT2D eigenvalue weighted by molar-refractivity contribution is 0.0967. The molecule has 1 aromatic carbocycles. The SMILES string of the molecule is CNC(=O)c1cc(S(=O)(=O)N(C)CC2Cc3ccccc3CN2C)cs1. The Morgan fingerprint density at radius 1 is 1.35 bits per heavy atom. The summed E-state index contributed by atoms with van der Waals surface area (Å²) >= 11 is 1.14. The quantitative estimate of drug-likeness (QED) is 0.841. The van der Waals surface area contributed by atoms with Gasteiger partial charge in [-0.1, -0.05) is 24.3 Å². The van der Waals surface area contributed by atoms with E-state index < -0.39 is 10.0 Å². The molecule has 2 aromatic rings. The number of hydrogen-bond acceptors (Lipinski definition) is 5. The summed E-state index contributed by atoms with van der Waals surface area (Å²) in [5.41, 5.74) is 2.57. The largest absolute Gasteiger partial charge is 0.354 e. The summed E-state index contributed by atoms with van der Waals surface area (Å²) in [4.78, 5) is 14.4. The molecule has 8 heteroatoms. The van der Waals surface area contributed by atoms with Crippen LogP contribution < -0.4 is 5.32 Å². The Hall–Kier alpha value is -1.74. The standard InChI is InChI=1S/C18H23N3O3S2/c1-19-18(22)17-9-16(12-25-17)26(23,24)21(3)11-15-8-13-6-4-5-7-14(13)10-20(15)2/h4-7,9,12,15H,8,10-11H2,1-3H3,(H,19,22). The third kappa shape index (κ3) is 3.68. The number of hydrogen-bond donors (Lipinski definition) is 1. The summed E-state index contributed by atoms with van der Waals surface area (Å²) in [5, 5.41) is 4.04. The molecular formula is C18H23N3O3S2. The lowest BCUT2D eigenvalue weighted by Gasteiger charge is -2.36. The Morgan fingerprint density at radius 3 is 2.73 bits per heavy atom. The van der Waals surface area contributed by atoms with E-state index in [-0.39, 0.29) is 16.8 Å². The molecule has 2 heterocycles. The number of amides is 1. The van der Waals surface area contributed by atoms with E-state index in [1.807, 2.05) is 19.2 Å². The maximum Gasteiger partial charge on any atom is 0.261 e. The van der Waals surface area contributed by atoms with Crippen LogP contribution in [0.25, 0.3) is 0 Å². The molecule has 1 aliphatic heterocycles. The van der Waals surface area contributed by atoms with Crippen molar-refractivity contribution in [2.45, 2.75) is 23.9 Å². The molecule has 1 atom stereocenters. The van der Waals surface area contributed by atoms with Gasteiger partial charge >= 0.3 is 0 Å². The smallest absolute Gasteiger partial charge is 0.261 e. The first-order chi connectivity index (χ1) is 12.3. The molecule has 26 heavy (non-hydrogen) atoms. The van der Waals surface area contributed by atoms with Crippen LogP contribution in [0.2, 0.25) is 0 Å². The van der Waals surface area contributed by atoms with Crippen LogP contribution in [0.3, 0.4) is 0 Å². The molecular weight excluding hydrogens is 370 g/mol. The average molecular weight is 394 g/mol. The Labute approximate surface area is 158 Å². The molecule has 0 fully saturated rings. The molecule has 1 aromatic heterocycles. The molecule has 0 saturated carbocycles. The number of fused-ring (bicyclic) bond motifs is 1. The Bertz CT molecular complexity index is 908. The topological polar surface area (TPSA) is 69.7 Å². The molecule has 6 nitrogen and oxygen atoms in total. The molecule has 1 unspecified atom stereocenters. The number of benzene rings is 1. The summed E-state index contributed by atoms with van der Waals surface area (Å²) in [6.45, 7) is 1.21. The number of nitrogens with one attached hydrogen (secondary N) is 1. The zero-order chi connectivity index (χ0) is 18.9. The summed E-state index contributed by atoms with van der Waals surface area (Å²) < 4.78 is 27.1. The van der Waals surface area contributed by atoms with E-state index in [4.69, 9.17) is 0 Å². The number of carbonyl (C=O) groups excluding carboxylic acids is 1. The van der Waals surface area contributed by atoms with Gasteiger partial charge in [-0.25, -0.2) is 8.42 Å². The van der Waals surface area contributed by atoms with Crippen molar-refractivity contribution in [1.29, 1.82) is 0 Å².